The minimum Gasteiger partial charge on any atom is -0.462 e. The molecule has 0 saturated carbocycles. The van der Waals surface area contributed by atoms with Gasteiger partial charge in [0.2, 0.25) is 5.43 Å². The molecule has 108 valence electrons. The molecule has 0 amide bonds. The molecule has 2 heterocycles. The lowest BCUT2D eigenvalue weighted by molar-refractivity contribution is 0.0524. The maximum atomic E-state index is 12.5. The third kappa shape index (κ3) is 2.09. The summed E-state index contributed by atoms with van der Waals surface area (Å²) >= 11 is 1.10. The zero-order valence-corrected chi connectivity index (χ0v) is 12.4. The number of pyridine rings is 1. The molecule has 6 nitrogen and oxygen atoms in total. The van der Waals surface area contributed by atoms with Crippen LogP contribution in [0.2, 0.25) is 0 Å². The molecule has 0 aliphatic carbocycles. The van der Waals surface area contributed by atoms with E-state index in [0.29, 0.717) is 23.0 Å². The fourth-order valence-corrected chi connectivity index (χ4v) is 2.88. The Balaban J connectivity index is 2.41. The van der Waals surface area contributed by atoms with Gasteiger partial charge in [0.15, 0.2) is 0 Å². The van der Waals surface area contributed by atoms with Gasteiger partial charge >= 0.3 is 5.97 Å². The van der Waals surface area contributed by atoms with Crippen molar-refractivity contribution in [3.63, 3.8) is 0 Å². The molecule has 1 aromatic carbocycles. The normalized spacial score (nSPS) is 11.1. The summed E-state index contributed by atoms with van der Waals surface area (Å²) in [5.41, 5.74) is 1.86. The van der Waals surface area contributed by atoms with Gasteiger partial charge in [-0.1, -0.05) is 0 Å². The van der Waals surface area contributed by atoms with Crippen molar-refractivity contribution in [2.75, 3.05) is 6.61 Å². The minimum atomic E-state index is -0.594. The van der Waals surface area contributed by atoms with Crippen LogP contribution in [0.5, 0.6) is 0 Å². The summed E-state index contributed by atoms with van der Waals surface area (Å²) in [5.74, 6) is -0.594. The first-order valence-electron chi connectivity index (χ1n) is 6.63. The second kappa shape index (κ2) is 5.25. The molecular formula is C14H13N3O3S. The molecule has 7 heteroatoms. The summed E-state index contributed by atoms with van der Waals surface area (Å²) in [4.78, 5) is 24.4. The smallest absolute Gasteiger partial charge is 0.343 e. The Hall–Kier alpha value is -2.28. The number of ether oxygens (including phenoxy) is 1. The average Bonchev–Trinajstić information content (AvgIpc) is 2.96. The molecule has 2 aromatic heterocycles. The van der Waals surface area contributed by atoms with E-state index in [1.165, 1.54) is 0 Å². The molecule has 0 spiro atoms. The predicted molar refractivity (Wildman–Crippen MR) is 80.8 cm³/mol. The van der Waals surface area contributed by atoms with E-state index in [0.717, 1.165) is 17.2 Å². The Bertz CT molecular complexity index is 897. The van der Waals surface area contributed by atoms with Crippen molar-refractivity contribution in [2.45, 2.75) is 20.4 Å². The Morgan fingerprint density at radius 2 is 2.14 bits per heavy atom. The van der Waals surface area contributed by atoms with E-state index in [-0.39, 0.29) is 17.6 Å². The van der Waals surface area contributed by atoms with Crippen molar-refractivity contribution in [3.05, 3.63) is 34.1 Å². The minimum absolute atomic E-state index is 0.0498. The Morgan fingerprint density at radius 1 is 1.33 bits per heavy atom. The first kappa shape index (κ1) is 13.7. The van der Waals surface area contributed by atoms with Crippen molar-refractivity contribution in [1.82, 2.24) is 13.3 Å². The predicted octanol–water partition coefficient (Wildman–Crippen LogP) is 2.20. The summed E-state index contributed by atoms with van der Waals surface area (Å²) < 4.78 is 15.2. The molecule has 21 heavy (non-hydrogen) atoms. The number of nitrogens with zero attached hydrogens (tertiary/aromatic N) is 3. The van der Waals surface area contributed by atoms with Crippen LogP contribution in [0.1, 0.15) is 24.2 Å². The highest BCUT2D eigenvalue weighted by molar-refractivity contribution is 7.00. The van der Waals surface area contributed by atoms with Crippen LogP contribution >= 0.6 is 11.7 Å². The maximum absolute atomic E-state index is 12.5. The van der Waals surface area contributed by atoms with E-state index in [9.17, 15) is 9.59 Å². The SMILES string of the molecule is CCOC(=O)c1cn(CC)c2c(ccc3nsnc32)c1=O. The number of esters is 1. The van der Waals surface area contributed by atoms with Gasteiger partial charge in [0.05, 0.1) is 23.9 Å². The summed E-state index contributed by atoms with van der Waals surface area (Å²) in [6, 6.07) is 3.44. The topological polar surface area (TPSA) is 74.1 Å². The Kier molecular flexibility index (Phi) is 3.42. The van der Waals surface area contributed by atoms with Crippen molar-refractivity contribution >= 4 is 39.6 Å². The molecule has 0 radical (unpaired) electrons. The van der Waals surface area contributed by atoms with Crippen LogP contribution in [-0.2, 0) is 11.3 Å². The molecule has 0 atom stereocenters. The number of carbonyl (C=O) groups is 1. The monoisotopic (exact) mass is 303 g/mol. The fraction of sp³-hybridized carbons (Fsp3) is 0.286. The standard InChI is InChI=1S/C14H13N3O3S/c1-3-17-7-9(14(19)20-4-2)13(18)8-5-6-10-11(12(8)17)16-21-15-10/h5-7H,3-4H2,1-2H3. The molecule has 3 rings (SSSR count). The first-order chi connectivity index (χ1) is 10.2. The van der Waals surface area contributed by atoms with Gasteiger partial charge in [0.25, 0.3) is 0 Å². The lowest BCUT2D eigenvalue weighted by atomic mass is 10.1. The lowest BCUT2D eigenvalue weighted by Gasteiger charge is -2.11. The average molecular weight is 303 g/mol. The van der Waals surface area contributed by atoms with Gasteiger partial charge in [0.1, 0.15) is 16.6 Å². The van der Waals surface area contributed by atoms with E-state index < -0.39 is 5.97 Å². The number of rotatable bonds is 3. The Labute approximate surface area is 124 Å². The van der Waals surface area contributed by atoms with Crippen LogP contribution in [0.25, 0.3) is 21.9 Å². The maximum Gasteiger partial charge on any atom is 0.343 e. The van der Waals surface area contributed by atoms with Crippen LogP contribution in [0.4, 0.5) is 0 Å². The van der Waals surface area contributed by atoms with E-state index in [4.69, 9.17) is 4.74 Å². The van der Waals surface area contributed by atoms with Crippen molar-refractivity contribution < 1.29 is 9.53 Å². The summed E-state index contributed by atoms with van der Waals surface area (Å²) in [5, 5.41) is 0.461. The van der Waals surface area contributed by atoms with Crippen LogP contribution in [-0.4, -0.2) is 25.9 Å². The third-order valence-corrected chi connectivity index (χ3v) is 3.84. The highest BCUT2D eigenvalue weighted by Crippen LogP contribution is 2.22. The van der Waals surface area contributed by atoms with Crippen LogP contribution < -0.4 is 5.43 Å². The van der Waals surface area contributed by atoms with Crippen LogP contribution in [0, 0.1) is 0 Å². The number of carbonyl (C=O) groups excluding carboxylic acids is 1. The van der Waals surface area contributed by atoms with Crippen LogP contribution in [0.3, 0.4) is 0 Å². The van der Waals surface area contributed by atoms with Crippen molar-refractivity contribution in [1.29, 1.82) is 0 Å². The van der Waals surface area contributed by atoms with Gasteiger partial charge < -0.3 is 9.30 Å². The molecular weight excluding hydrogens is 290 g/mol. The second-order valence-electron chi connectivity index (χ2n) is 4.47. The zero-order valence-electron chi connectivity index (χ0n) is 11.6. The summed E-state index contributed by atoms with van der Waals surface area (Å²) in [6.07, 6.45) is 1.54. The zero-order chi connectivity index (χ0) is 15.0. The highest BCUT2D eigenvalue weighted by Gasteiger charge is 2.18. The number of fused-ring (bicyclic) bond motifs is 3. The molecule has 0 aliphatic rings. The molecule has 0 N–H and O–H groups in total. The fourth-order valence-electron chi connectivity index (χ4n) is 2.34. The largest absolute Gasteiger partial charge is 0.462 e. The van der Waals surface area contributed by atoms with Crippen LogP contribution in [0.15, 0.2) is 23.1 Å². The van der Waals surface area contributed by atoms with E-state index in [1.807, 2.05) is 11.5 Å². The highest BCUT2D eigenvalue weighted by atomic mass is 32.1. The lowest BCUT2D eigenvalue weighted by Crippen LogP contribution is -2.20. The van der Waals surface area contributed by atoms with E-state index in [1.54, 1.807) is 25.3 Å². The van der Waals surface area contributed by atoms with E-state index in [2.05, 4.69) is 8.75 Å². The number of hydrogen-bond acceptors (Lipinski definition) is 6. The third-order valence-electron chi connectivity index (χ3n) is 3.30. The second-order valence-corrected chi connectivity index (χ2v) is 5.00. The number of hydrogen-bond donors (Lipinski definition) is 0. The molecule has 0 saturated heterocycles. The van der Waals surface area contributed by atoms with Gasteiger partial charge in [-0.3, -0.25) is 4.79 Å². The first-order valence-corrected chi connectivity index (χ1v) is 7.36. The quantitative estimate of drug-likeness (QED) is 0.693. The van der Waals surface area contributed by atoms with Gasteiger partial charge in [0, 0.05) is 18.1 Å². The van der Waals surface area contributed by atoms with Gasteiger partial charge in [-0.2, -0.15) is 8.75 Å². The summed E-state index contributed by atoms with van der Waals surface area (Å²) in [7, 11) is 0. The molecule has 0 unspecified atom stereocenters. The molecule has 0 fully saturated rings. The van der Waals surface area contributed by atoms with Gasteiger partial charge in [-0.25, -0.2) is 4.79 Å². The van der Waals surface area contributed by atoms with Gasteiger partial charge in [-0.15, -0.1) is 0 Å². The molecule has 0 aliphatic heterocycles. The molecule has 3 aromatic rings. The number of aryl methyl sites for hydroxylation is 1. The van der Waals surface area contributed by atoms with Gasteiger partial charge in [-0.05, 0) is 26.0 Å². The Morgan fingerprint density at radius 3 is 2.86 bits per heavy atom. The van der Waals surface area contributed by atoms with E-state index >= 15 is 0 Å². The number of benzene rings is 1. The van der Waals surface area contributed by atoms with Crippen molar-refractivity contribution in [2.24, 2.45) is 0 Å². The molecule has 0 bridgehead atoms. The number of aromatic nitrogens is 3. The van der Waals surface area contributed by atoms with Crippen molar-refractivity contribution in [3.8, 4) is 0 Å². The summed E-state index contributed by atoms with van der Waals surface area (Å²) in [6.45, 7) is 4.50.